The molecule has 0 spiro atoms. The molecule has 0 atom stereocenters. The first-order valence-corrected chi connectivity index (χ1v) is 9.69. The highest BCUT2D eigenvalue weighted by Crippen LogP contribution is 2.34. The fourth-order valence-corrected chi connectivity index (χ4v) is 4.26. The Hall–Kier alpha value is -1.53. The van der Waals surface area contributed by atoms with Crippen LogP contribution >= 0.6 is 11.3 Å². The van der Waals surface area contributed by atoms with Crippen LogP contribution in [0.4, 0.5) is 0 Å². The van der Waals surface area contributed by atoms with Crippen LogP contribution in [0.15, 0.2) is 5.51 Å². The third-order valence-electron chi connectivity index (χ3n) is 5.16. The number of likely N-dealkylation sites (N-methyl/N-ethyl adjacent to an activating group) is 1. The summed E-state index contributed by atoms with van der Waals surface area (Å²) in [6.45, 7) is 4.78. The van der Waals surface area contributed by atoms with Gasteiger partial charge < -0.3 is 4.90 Å². The van der Waals surface area contributed by atoms with Crippen molar-refractivity contribution < 1.29 is 4.79 Å². The van der Waals surface area contributed by atoms with Crippen molar-refractivity contribution in [3.05, 3.63) is 33.0 Å². The monoisotopic (exact) mass is 344 g/mol. The van der Waals surface area contributed by atoms with Crippen LogP contribution in [0, 0.1) is 12.8 Å². The minimum absolute atomic E-state index is 0.247. The number of thiazole rings is 1. The molecule has 128 valence electrons. The van der Waals surface area contributed by atoms with Gasteiger partial charge in [-0.25, -0.2) is 4.98 Å². The van der Waals surface area contributed by atoms with E-state index in [9.17, 15) is 4.79 Å². The second-order valence-electron chi connectivity index (χ2n) is 7.17. The zero-order chi connectivity index (χ0) is 16.7. The molecule has 0 aromatic carbocycles. The van der Waals surface area contributed by atoms with Crippen LogP contribution in [0.3, 0.4) is 0 Å². The Bertz CT molecular complexity index is 759. The van der Waals surface area contributed by atoms with Crippen molar-refractivity contribution in [3.8, 4) is 0 Å². The first-order valence-electron chi connectivity index (χ1n) is 8.81. The average molecular weight is 344 g/mol. The Kier molecular flexibility index (Phi) is 4.26. The van der Waals surface area contributed by atoms with E-state index in [1.165, 1.54) is 29.0 Å². The number of Topliss-reactive ketones (excluding diaryl/α,β-unsaturated/α-hetero) is 1. The van der Waals surface area contributed by atoms with E-state index in [-0.39, 0.29) is 5.78 Å². The Labute approximate surface area is 146 Å². The molecule has 3 heterocycles. The number of aromatic nitrogens is 3. The molecule has 4 rings (SSSR count). The van der Waals surface area contributed by atoms with Crippen LogP contribution in [-0.2, 0) is 25.9 Å². The van der Waals surface area contributed by atoms with E-state index in [0.717, 1.165) is 43.9 Å². The topological polar surface area (TPSA) is 51.0 Å². The Morgan fingerprint density at radius 1 is 1.42 bits per heavy atom. The number of carbonyl (C=O) groups excluding carboxylic acids is 1. The van der Waals surface area contributed by atoms with E-state index in [1.54, 1.807) is 11.3 Å². The van der Waals surface area contributed by atoms with Crippen LogP contribution in [0.5, 0.6) is 0 Å². The number of hydrogen-bond acceptors (Lipinski definition) is 5. The maximum Gasteiger partial charge on any atom is 0.183 e. The normalized spacial score (nSPS) is 17.9. The standard InChI is InChI=1S/C18H24N4OS/c1-12-17(24-11-19-12)6-8-22-15-5-7-21(2)10-14(15)18(20-22)16(23)9-13-3-4-13/h11,13H,3-10H2,1-2H3. The van der Waals surface area contributed by atoms with Gasteiger partial charge in [-0.2, -0.15) is 5.10 Å². The Morgan fingerprint density at radius 2 is 2.25 bits per heavy atom. The van der Waals surface area contributed by atoms with Gasteiger partial charge in [0.25, 0.3) is 0 Å². The second-order valence-corrected chi connectivity index (χ2v) is 8.11. The summed E-state index contributed by atoms with van der Waals surface area (Å²) in [5.41, 5.74) is 6.21. The molecule has 0 amide bonds. The van der Waals surface area contributed by atoms with Crippen molar-refractivity contribution in [3.63, 3.8) is 0 Å². The molecule has 1 fully saturated rings. The minimum Gasteiger partial charge on any atom is -0.302 e. The van der Waals surface area contributed by atoms with E-state index in [0.29, 0.717) is 12.3 Å². The molecule has 0 radical (unpaired) electrons. The molecule has 0 N–H and O–H groups in total. The molecule has 0 bridgehead atoms. The Balaban J connectivity index is 1.59. The number of aryl methyl sites for hydroxylation is 3. The van der Waals surface area contributed by atoms with E-state index < -0.39 is 0 Å². The summed E-state index contributed by atoms with van der Waals surface area (Å²) in [6, 6.07) is 0. The number of nitrogens with zero attached hydrogens (tertiary/aromatic N) is 4. The third-order valence-corrected chi connectivity index (χ3v) is 6.15. The number of fused-ring (bicyclic) bond motifs is 1. The molecule has 1 saturated carbocycles. The number of ketones is 1. The van der Waals surface area contributed by atoms with Gasteiger partial charge in [0.05, 0.1) is 11.2 Å². The van der Waals surface area contributed by atoms with Gasteiger partial charge in [0.1, 0.15) is 5.69 Å². The fraction of sp³-hybridized carbons (Fsp3) is 0.611. The van der Waals surface area contributed by atoms with Gasteiger partial charge in [-0.15, -0.1) is 11.3 Å². The number of hydrogen-bond donors (Lipinski definition) is 0. The summed E-state index contributed by atoms with van der Waals surface area (Å²) in [6.07, 6.45) is 5.02. The van der Waals surface area contributed by atoms with Crippen LogP contribution in [0.2, 0.25) is 0 Å². The minimum atomic E-state index is 0.247. The molecule has 0 saturated heterocycles. The van der Waals surface area contributed by atoms with Crippen LogP contribution in [0.1, 0.15) is 51.6 Å². The van der Waals surface area contributed by atoms with Crippen LogP contribution in [-0.4, -0.2) is 39.0 Å². The van der Waals surface area contributed by atoms with Gasteiger partial charge >= 0.3 is 0 Å². The molecular weight excluding hydrogens is 320 g/mol. The molecule has 0 unspecified atom stereocenters. The second kappa shape index (κ2) is 6.41. The lowest BCUT2D eigenvalue weighted by Gasteiger charge is -2.23. The summed E-state index contributed by atoms with van der Waals surface area (Å²) in [5, 5.41) is 4.76. The van der Waals surface area contributed by atoms with Crippen molar-refractivity contribution in [2.45, 2.75) is 52.1 Å². The lowest BCUT2D eigenvalue weighted by molar-refractivity contribution is 0.0968. The van der Waals surface area contributed by atoms with Gasteiger partial charge in [-0.3, -0.25) is 9.48 Å². The van der Waals surface area contributed by atoms with E-state index in [4.69, 9.17) is 5.10 Å². The summed E-state index contributed by atoms with van der Waals surface area (Å²) >= 11 is 1.71. The third kappa shape index (κ3) is 3.17. The lowest BCUT2D eigenvalue weighted by atomic mass is 10.0. The zero-order valence-electron chi connectivity index (χ0n) is 14.4. The van der Waals surface area contributed by atoms with Crippen LogP contribution < -0.4 is 0 Å². The van der Waals surface area contributed by atoms with Crippen molar-refractivity contribution in [2.75, 3.05) is 13.6 Å². The highest BCUT2D eigenvalue weighted by molar-refractivity contribution is 7.09. The van der Waals surface area contributed by atoms with Crippen molar-refractivity contribution in [2.24, 2.45) is 5.92 Å². The van der Waals surface area contributed by atoms with Gasteiger partial charge in [-0.1, -0.05) is 0 Å². The molecule has 2 aliphatic rings. The van der Waals surface area contributed by atoms with Gasteiger partial charge in [0.15, 0.2) is 5.78 Å². The SMILES string of the molecule is Cc1ncsc1CCn1nc(C(=O)CC2CC2)c2c1CCN(C)C2. The highest BCUT2D eigenvalue weighted by atomic mass is 32.1. The molecule has 24 heavy (non-hydrogen) atoms. The maximum absolute atomic E-state index is 12.7. The van der Waals surface area contributed by atoms with Gasteiger partial charge in [0.2, 0.25) is 0 Å². The first-order chi connectivity index (χ1) is 11.6. The van der Waals surface area contributed by atoms with Crippen LogP contribution in [0.25, 0.3) is 0 Å². The highest BCUT2D eigenvalue weighted by Gasteiger charge is 2.30. The predicted molar refractivity (Wildman–Crippen MR) is 94.5 cm³/mol. The number of rotatable bonds is 6. The molecule has 1 aliphatic carbocycles. The molecule has 1 aliphatic heterocycles. The van der Waals surface area contributed by atoms with Gasteiger partial charge in [-0.05, 0) is 32.7 Å². The van der Waals surface area contributed by atoms with Crippen molar-refractivity contribution in [1.82, 2.24) is 19.7 Å². The molecule has 5 nitrogen and oxygen atoms in total. The summed E-state index contributed by atoms with van der Waals surface area (Å²) in [4.78, 5) is 20.6. The quantitative estimate of drug-likeness (QED) is 0.756. The van der Waals surface area contributed by atoms with Gasteiger partial charge in [0, 0.05) is 55.0 Å². The predicted octanol–water partition coefficient (Wildman–Crippen LogP) is 2.86. The molecule has 6 heteroatoms. The van der Waals surface area contributed by atoms with Crippen molar-refractivity contribution in [1.29, 1.82) is 0 Å². The van der Waals surface area contributed by atoms with E-state index >= 15 is 0 Å². The molecule has 2 aromatic rings. The first kappa shape index (κ1) is 16.0. The average Bonchev–Trinajstić information content (AvgIpc) is 3.16. The largest absolute Gasteiger partial charge is 0.302 e. The number of carbonyl (C=O) groups is 1. The van der Waals surface area contributed by atoms with E-state index in [1.807, 2.05) is 5.51 Å². The fourth-order valence-electron chi connectivity index (χ4n) is 3.49. The summed E-state index contributed by atoms with van der Waals surface area (Å²) < 4.78 is 2.10. The molecule has 2 aromatic heterocycles. The Morgan fingerprint density at radius 3 is 2.96 bits per heavy atom. The summed E-state index contributed by atoms with van der Waals surface area (Å²) in [5.74, 6) is 0.858. The zero-order valence-corrected chi connectivity index (χ0v) is 15.2. The lowest BCUT2D eigenvalue weighted by Crippen LogP contribution is -2.28. The summed E-state index contributed by atoms with van der Waals surface area (Å²) in [7, 11) is 2.12. The smallest absolute Gasteiger partial charge is 0.183 e. The maximum atomic E-state index is 12.7. The molecular formula is C18H24N4OS. The van der Waals surface area contributed by atoms with Crippen molar-refractivity contribution >= 4 is 17.1 Å². The van der Waals surface area contributed by atoms with E-state index in [2.05, 4.69) is 28.5 Å².